The molecule has 0 radical (unpaired) electrons. The molecule has 0 amide bonds. The maximum atomic E-state index is 12.5. The highest BCUT2D eigenvalue weighted by molar-refractivity contribution is 14.0. The zero-order valence-electron chi connectivity index (χ0n) is 18.2. The molecule has 1 aliphatic heterocycles. The van der Waals surface area contributed by atoms with Crippen LogP contribution in [-0.4, -0.2) is 74.6 Å². The third-order valence-electron chi connectivity index (χ3n) is 4.70. The Labute approximate surface area is 199 Å². The van der Waals surface area contributed by atoms with E-state index < -0.39 is 12.8 Å². The van der Waals surface area contributed by atoms with Crippen LogP contribution in [0.15, 0.2) is 23.3 Å². The number of nitrogens with one attached hydrogen (secondary N) is 2. The van der Waals surface area contributed by atoms with Crippen molar-refractivity contribution in [3.05, 3.63) is 23.9 Å². The van der Waals surface area contributed by atoms with Crippen molar-refractivity contribution in [1.29, 1.82) is 0 Å². The summed E-state index contributed by atoms with van der Waals surface area (Å²) in [6, 6.07) is 3.68. The van der Waals surface area contributed by atoms with Gasteiger partial charge in [-0.15, -0.1) is 24.0 Å². The van der Waals surface area contributed by atoms with Gasteiger partial charge in [-0.2, -0.15) is 13.2 Å². The Kier molecular flexibility index (Phi) is 12.5. The predicted octanol–water partition coefficient (Wildman–Crippen LogP) is 3.05. The Morgan fingerprint density at radius 3 is 2.61 bits per heavy atom. The van der Waals surface area contributed by atoms with Crippen LogP contribution in [0.4, 0.5) is 13.2 Å². The van der Waals surface area contributed by atoms with Gasteiger partial charge in [0.05, 0.1) is 13.2 Å². The van der Waals surface area contributed by atoms with Gasteiger partial charge in [-0.3, -0.25) is 9.89 Å². The van der Waals surface area contributed by atoms with Crippen LogP contribution in [0.5, 0.6) is 5.88 Å². The number of guanidine groups is 1. The first-order chi connectivity index (χ1) is 14.3. The minimum atomic E-state index is -4.41. The lowest BCUT2D eigenvalue weighted by Crippen LogP contribution is -2.51. The van der Waals surface area contributed by atoms with Crippen molar-refractivity contribution >= 4 is 29.9 Å². The molecule has 1 aromatic heterocycles. The quantitative estimate of drug-likeness (QED) is 0.276. The smallest absolute Gasteiger partial charge is 0.422 e. The second kappa shape index (κ2) is 13.9. The fourth-order valence-electron chi connectivity index (χ4n) is 3.30. The summed E-state index contributed by atoms with van der Waals surface area (Å²) in [5, 5.41) is 6.46. The molecule has 1 unspecified atom stereocenters. The number of morpholine rings is 1. The molecule has 1 aliphatic rings. The van der Waals surface area contributed by atoms with Crippen molar-refractivity contribution in [2.24, 2.45) is 10.9 Å². The molecule has 2 rings (SSSR count). The summed E-state index contributed by atoms with van der Waals surface area (Å²) in [4.78, 5) is 10.6. The fraction of sp³-hybridized carbons (Fsp3) is 0.700. The summed E-state index contributed by atoms with van der Waals surface area (Å²) >= 11 is 0. The predicted molar refractivity (Wildman–Crippen MR) is 125 cm³/mol. The number of rotatable bonds is 9. The number of alkyl halides is 3. The van der Waals surface area contributed by atoms with Crippen molar-refractivity contribution in [1.82, 2.24) is 20.5 Å². The molecule has 31 heavy (non-hydrogen) atoms. The maximum absolute atomic E-state index is 12.5. The monoisotopic (exact) mass is 559 g/mol. The molecule has 0 saturated carbocycles. The Morgan fingerprint density at radius 1 is 1.29 bits per heavy atom. The number of ether oxygens (including phenoxy) is 2. The molecule has 1 atom stereocenters. The molecule has 2 heterocycles. The van der Waals surface area contributed by atoms with E-state index in [-0.39, 0.29) is 36.4 Å². The maximum Gasteiger partial charge on any atom is 0.422 e. The molecule has 7 nitrogen and oxygen atoms in total. The highest BCUT2D eigenvalue weighted by Gasteiger charge is 2.29. The number of hydrogen-bond donors (Lipinski definition) is 2. The lowest BCUT2D eigenvalue weighted by molar-refractivity contribution is -0.154. The van der Waals surface area contributed by atoms with Crippen LogP contribution in [-0.2, 0) is 11.3 Å². The Morgan fingerprint density at radius 2 is 2.00 bits per heavy atom. The van der Waals surface area contributed by atoms with Crippen LogP contribution >= 0.6 is 24.0 Å². The first-order valence-electron chi connectivity index (χ1n) is 10.2. The fourth-order valence-corrected chi connectivity index (χ4v) is 3.30. The molecule has 0 spiro atoms. The van der Waals surface area contributed by atoms with Crippen molar-refractivity contribution in [2.75, 3.05) is 46.5 Å². The number of halogens is 4. The van der Waals surface area contributed by atoms with Gasteiger partial charge in [0.1, 0.15) is 0 Å². The Hall–Kier alpha value is -1.34. The zero-order chi connectivity index (χ0) is 22.0. The number of hydrogen-bond acceptors (Lipinski definition) is 5. The standard InChI is InChI=1S/C20H32F3N5O2.HI/c1-15(2)11-17(28-7-9-29-10-8-28)13-27-19(24-3)26-12-16-5-4-6-25-18(16)30-14-20(21,22)23;/h4-6,15,17H,7-14H2,1-3H3,(H2,24,26,27);1H. The Balaban J connectivity index is 0.00000480. The van der Waals surface area contributed by atoms with Crippen molar-refractivity contribution < 1.29 is 22.6 Å². The topological polar surface area (TPSA) is 71.0 Å². The molecular weight excluding hydrogens is 526 g/mol. The number of aliphatic imine (C=N–C) groups is 1. The zero-order valence-corrected chi connectivity index (χ0v) is 20.6. The third kappa shape index (κ3) is 10.7. The average molecular weight is 559 g/mol. The first-order valence-corrected chi connectivity index (χ1v) is 10.2. The van der Waals surface area contributed by atoms with E-state index in [2.05, 4.69) is 39.4 Å². The second-order valence-corrected chi connectivity index (χ2v) is 7.61. The van der Waals surface area contributed by atoms with E-state index in [9.17, 15) is 13.2 Å². The number of pyridine rings is 1. The van der Waals surface area contributed by atoms with E-state index in [0.29, 0.717) is 30.0 Å². The van der Waals surface area contributed by atoms with Crippen molar-refractivity contribution in [2.45, 2.75) is 39.0 Å². The van der Waals surface area contributed by atoms with Gasteiger partial charge in [-0.05, 0) is 18.4 Å². The van der Waals surface area contributed by atoms with Gasteiger partial charge in [0.15, 0.2) is 12.6 Å². The minimum Gasteiger partial charge on any atom is -0.468 e. The van der Waals surface area contributed by atoms with Gasteiger partial charge in [0, 0.05) is 51.0 Å². The molecule has 1 saturated heterocycles. The lowest BCUT2D eigenvalue weighted by Gasteiger charge is -2.35. The number of nitrogens with zero attached hydrogens (tertiary/aromatic N) is 3. The first kappa shape index (κ1) is 27.7. The molecule has 0 bridgehead atoms. The summed E-state index contributed by atoms with van der Waals surface area (Å²) in [6.07, 6.45) is -1.96. The molecule has 2 N–H and O–H groups in total. The average Bonchev–Trinajstić information content (AvgIpc) is 2.72. The normalized spacial score (nSPS) is 16.5. The van der Waals surface area contributed by atoms with Gasteiger partial charge in [-0.1, -0.05) is 19.9 Å². The molecule has 0 aromatic carbocycles. The molecular formula is C20H33F3IN5O2. The lowest BCUT2D eigenvalue weighted by atomic mass is 10.0. The van der Waals surface area contributed by atoms with Crippen LogP contribution < -0.4 is 15.4 Å². The van der Waals surface area contributed by atoms with E-state index in [1.165, 1.54) is 6.20 Å². The van der Waals surface area contributed by atoms with Crippen molar-refractivity contribution in [3.63, 3.8) is 0 Å². The van der Waals surface area contributed by atoms with Crippen LogP contribution in [0, 0.1) is 5.92 Å². The molecule has 1 fully saturated rings. The van der Waals surface area contributed by atoms with Crippen LogP contribution in [0.25, 0.3) is 0 Å². The SMILES string of the molecule is CN=C(NCc1cccnc1OCC(F)(F)F)NCC(CC(C)C)N1CCOCC1.I. The molecule has 1 aromatic rings. The van der Waals surface area contributed by atoms with Gasteiger partial charge >= 0.3 is 6.18 Å². The second-order valence-electron chi connectivity index (χ2n) is 7.61. The third-order valence-corrected chi connectivity index (χ3v) is 4.70. The van der Waals surface area contributed by atoms with Crippen LogP contribution in [0.3, 0.4) is 0 Å². The van der Waals surface area contributed by atoms with Crippen LogP contribution in [0.1, 0.15) is 25.8 Å². The minimum absolute atomic E-state index is 0. The molecule has 0 aliphatic carbocycles. The van der Waals surface area contributed by atoms with Gasteiger partial charge in [0.2, 0.25) is 5.88 Å². The van der Waals surface area contributed by atoms with E-state index in [1.807, 2.05) is 0 Å². The Bertz CT molecular complexity index is 670. The van der Waals surface area contributed by atoms with E-state index in [4.69, 9.17) is 9.47 Å². The highest BCUT2D eigenvalue weighted by Crippen LogP contribution is 2.20. The molecule has 11 heteroatoms. The highest BCUT2D eigenvalue weighted by atomic mass is 127. The molecule has 178 valence electrons. The van der Waals surface area contributed by atoms with Gasteiger partial charge in [-0.25, -0.2) is 4.98 Å². The van der Waals surface area contributed by atoms with E-state index in [0.717, 1.165) is 32.7 Å². The summed E-state index contributed by atoms with van der Waals surface area (Å²) in [5.74, 6) is 1.09. The summed E-state index contributed by atoms with van der Waals surface area (Å²) in [7, 11) is 1.66. The van der Waals surface area contributed by atoms with Gasteiger partial charge in [0.25, 0.3) is 0 Å². The van der Waals surface area contributed by atoms with Crippen molar-refractivity contribution in [3.8, 4) is 5.88 Å². The summed E-state index contributed by atoms with van der Waals surface area (Å²) < 4.78 is 47.6. The van der Waals surface area contributed by atoms with E-state index in [1.54, 1.807) is 19.2 Å². The van der Waals surface area contributed by atoms with E-state index >= 15 is 0 Å². The largest absolute Gasteiger partial charge is 0.468 e. The summed E-state index contributed by atoms with van der Waals surface area (Å²) in [6.45, 7) is 7.26. The van der Waals surface area contributed by atoms with Crippen LogP contribution in [0.2, 0.25) is 0 Å². The number of aromatic nitrogens is 1. The summed E-state index contributed by atoms with van der Waals surface area (Å²) in [5.41, 5.74) is 0.525. The van der Waals surface area contributed by atoms with Gasteiger partial charge < -0.3 is 20.1 Å².